The first-order chi connectivity index (χ1) is 12.6. The molecule has 0 amide bonds. The van der Waals surface area contributed by atoms with Crippen LogP contribution in [0, 0.1) is 0 Å². The van der Waals surface area contributed by atoms with Crippen molar-refractivity contribution in [2.24, 2.45) is 0 Å². The maximum Gasteiger partial charge on any atom is 0.310 e. The fourth-order valence-corrected chi connectivity index (χ4v) is 2.69. The average Bonchev–Trinajstić information content (AvgIpc) is 3.07. The molecule has 3 rings (SSSR count). The SMILES string of the molecule is COc1ccc(OC)c(COC(=O)Cc2coc3cc(OC)ccc23)c1. The van der Waals surface area contributed by atoms with Gasteiger partial charge in [0.05, 0.1) is 34.0 Å². The second-order valence-corrected chi connectivity index (χ2v) is 5.64. The number of fused-ring (bicyclic) bond motifs is 1. The summed E-state index contributed by atoms with van der Waals surface area (Å²) >= 11 is 0. The minimum atomic E-state index is -0.353. The summed E-state index contributed by atoms with van der Waals surface area (Å²) in [6.07, 6.45) is 1.68. The largest absolute Gasteiger partial charge is 0.497 e. The van der Waals surface area contributed by atoms with Gasteiger partial charge in [-0.25, -0.2) is 0 Å². The molecule has 0 spiro atoms. The Bertz CT molecular complexity index is 912. The molecule has 0 N–H and O–H groups in total. The third-order valence-corrected chi connectivity index (χ3v) is 4.07. The summed E-state index contributed by atoms with van der Waals surface area (Å²) in [6.45, 7) is 0.100. The van der Waals surface area contributed by atoms with E-state index in [1.807, 2.05) is 12.1 Å². The zero-order valence-electron chi connectivity index (χ0n) is 14.9. The number of benzene rings is 2. The van der Waals surface area contributed by atoms with Gasteiger partial charge in [0.1, 0.15) is 29.4 Å². The predicted octanol–water partition coefficient (Wildman–Crippen LogP) is 3.74. The van der Waals surface area contributed by atoms with Gasteiger partial charge in [-0.15, -0.1) is 0 Å². The molecule has 0 fully saturated rings. The Morgan fingerprint density at radius 2 is 1.65 bits per heavy atom. The van der Waals surface area contributed by atoms with Gasteiger partial charge >= 0.3 is 5.97 Å². The maximum absolute atomic E-state index is 12.2. The highest BCUT2D eigenvalue weighted by Gasteiger charge is 2.14. The van der Waals surface area contributed by atoms with E-state index >= 15 is 0 Å². The van der Waals surface area contributed by atoms with E-state index in [2.05, 4.69) is 0 Å². The van der Waals surface area contributed by atoms with E-state index < -0.39 is 0 Å². The van der Waals surface area contributed by atoms with Crippen molar-refractivity contribution in [1.29, 1.82) is 0 Å². The average molecular weight is 356 g/mol. The molecular weight excluding hydrogens is 336 g/mol. The Morgan fingerprint density at radius 3 is 2.38 bits per heavy atom. The van der Waals surface area contributed by atoms with Crippen LogP contribution in [0.5, 0.6) is 17.2 Å². The first kappa shape index (κ1) is 17.7. The number of ether oxygens (including phenoxy) is 4. The predicted molar refractivity (Wildman–Crippen MR) is 95.8 cm³/mol. The van der Waals surface area contributed by atoms with Gasteiger partial charge in [0, 0.05) is 22.6 Å². The summed E-state index contributed by atoms with van der Waals surface area (Å²) in [4.78, 5) is 12.2. The summed E-state index contributed by atoms with van der Waals surface area (Å²) < 4.78 is 26.5. The monoisotopic (exact) mass is 356 g/mol. The molecule has 0 saturated heterocycles. The van der Waals surface area contributed by atoms with Crippen LogP contribution in [0.3, 0.4) is 0 Å². The first-order valence-corrected chi connectivity index (χ1v) is 8.05. The van der Waals surface area contributed by atoms with Gasteiger partial charge in [-0.3, -0.25) is 4.79 Å². The van der Waals surface area contributed by atoms with Crippen LogP contribution in [-0.2, 0) is 22.6 Å². The molecule has 0 unspecified atom stereocenters. The minimum absolute atomic E-state index is 0.100. The lowest BCUT2D eigenvalue weighted by Crippen LogP contribution is -2.08. The molecule has 3 aromatic rings. The van der Waals surface area contributed by atoms with Crippen LogP contribution in [0.2, 0.25) is 0 Å². The third kappa shape index (κ3) is 3.74. The molecule has 0 radical (unpaired) electrons. The normalized spacial score (nSPS) is 10.6. The molecule has 136 valence electrons. The molecule has 6 heteroatoms. The van der Waals surface area contributed by atoms with Crippen molar-refractivity contribution in [3.05, 3.63) is 53.8 Å². The maximum atomic E-state index is 12.2. The van der Waals surface area contributed by atoms with Gasteiger partial charge < -0.3 is 23.4 Å². The second-order valence-electron chi connectivity index (χ2n) is 5.64. The summed E-state index contributed by atoms with van der Waals surface area (Å²) in [5.74, 6) is 1.66. The molecule has 1 heterocycles. The molecule has 0 bridgehead atoms. The smallest absolute Gasteiger partial charge is 0.310 e. The minimum Gasteiger partial charge on any atom is -0.497 e. The standard InChI is InChI=1S/C20H20O6/c1-22-15-5-7-18(24-3)14(8-15)12-26-20(21)9-13-11-25-19-10-16(23-2)4-6-17(13)19/h4-8,10-11H,9,12H2,1-3H3. The number of hydrogen-bond acceptors (Lipinski definition) is 6. The number of esters is 1. The van der Waals surface area contributed by atoms with Crippen molar-refractivity contribution in [2.45, 2.75) is 13.0 Å². The Labute approximate surface area is 151 Å². The summed E-state index contributed by atoms with van der Waals surface area (Å²) in [6, 6.07) is 10.8. The molecule has 0 aliphatic heterocycles. The van der Waals surface area contributed by atoms with Crippen molar-refractivity contribution in [1.82, 2.24) is 0 Å². The Balaban J connectivity index is 1.68. The zero-order chi connectivity index (χ0) is 18.5. The Morgan fingerprint density at radius 1 is 0.923 bits per heavy atom. The van der Waals surface area contributed by atoms with Crippen LogP contribution in [0.25, 0.3) is 11.0 Å². The molecule has 6 nitrogen and oxygen atoms in total. The highest BCUT2D eigenvalue weighted by Crippen LogP contribution is 2.27. The summed E-state index contributed by atoms with van der Waals surface area (Å²) in [7, 11) is 4.74. The van der Waals surface area contributed by atoms with Crippen LogP contribution in [0.1, 0.15) is 11.1 Å². The van der Waals surface area contributed by atoms with E-state index in [0.29, 0.717) is 22.8 Å². The van der Waals surface area contributed by atoms with Crippen LogP contribution in [-0.4, -0.2) is 27.3 Å². The summed E-state index contributed by atoms with van der Waals surface area (Å²) in [5, 5.41) is 0.863. The van der Waals surface area contributed by atoms with Gasteiger partial charge in [0.25, 0.3) is 0 Å². The van der Waals surface area contributed by atoms with Crippen LogP contribution < -0.4 is 14.2 Å². The Kier molecular flexibility index (Phi) is 5.31. The van der Waals surface area contributed by atoms with Crippen molar-refractivity contribution < 1.29 is 28.2 Å². The number of carbonyl (C=O) groups is 1. The highest BCUT2D eigenvalue weighted by molar-refractivity contribution is 5.86. The molecule has 0 aliphatic rings. The lowest BCUT2D eigenvalue weighted by Gasteiger charge is -2.11. The van der Waals surface area contributed by atoms with Gasteiger partial charge in [-0.05, 0) is 30.3 Å². The number of furan rings is 1. The number of methoxy groups -OCH3 is 3. The number of hydrogen-bond donors (Lipinski definition) is 0. The zero-order valence-corrected chi connectivity index (χ0v) is 14.9. The van der Waals surface area contributed by atoms with Gasteiger partial charge in [0.15, 0.2) is 0 Å². The molecule has 0 saturated carbocycles. The molecule has 26 heavy (non-hydrogen) atoms. The quantitative estimate of drug-likeness (QED) is 0.601. The molecule has 0 aliphatic carbocycles. The Hall–Kier alpha value is -3.15. The topological polar surface area (TPSA) is 67.1 Å². The van der Waals surface area contributed by atoms with Gasteiger partial charge in [-0.2, -0.15) is 0 Å². The lowest BCUT2D eigenvalue weighted by molar-refractivity contribution is -0.144. The van der Waals surface area contributed by atoms with E-state index in [-0.39, 0.29) is 19.0 Å². The fourth-order valence-electron chi connectivity index (χ4n) is 2.69. The fraction of sp³-hybridized carbons (Fsp3) is 0.250. The molecule has 1 aromatic heterocycles. The van der Waals surface area contributed by atoms with E-state index in [1.54, 1.807) is 51.9 Å². The van der Waals surface area contributed by atoms with E-state index in [1.165, 1.54) is 0 Å². The van der Waals surface area contributed by atoms with Gasteiger partial charge in [-0.1, -0.05) is 0 Å². The van der Waals surface area contributed by atoms with Crippen molar-refractivity contribution >= 4 is 16.9 Å². The first-order valence-electron chi connectivity index (χ1n) is 8.05. The molecular formula is C20H20O6. The lowest BCUT2D eigenvalue weighted by atomic mass is 10.1. The van der Waals surface area contributed by atoms with E-state index in [4.69, 9.17) is 23.4 Å². The molecule has 0 atom stereocenters. The van der Waals surface area contributed by atoms with Crippen molar-refractivity contribution in [2.75, 3.05) is 21.3 Å². The van der Waals surface area contributed by atoms with E-state index in [9.17, 15) is 4.79 Å². The van der Waals surface area contributed by atoms with Gasteiger partial charge in [0.2, 0.25) is 0 Å². The highest BCUT2D eigenvalue weighted by atomic mass is 16.5. The third-order valence-electron chi connectivity index (χ3n) is 4.07. The molecule has 2 aromatic carbocycles. The van der Waals surface area contributed by atoms with E-state index in [0.717, 1.165) is 16.5 Å². The number of carbonyl (C=O) groups excluding carboxylic acids is 1. The van der Waals surface area contributed by atoms with Crippen LogP contribution in [0.4, 0.5) is 0 Å². The second kappa shape index (κ2) is 7.82. The van der Waals surface area contributed by atoms with Crippen molar-refractivity contribution in [3.63, 3.8) is 0 Å². The van der Waals surface area contributed by atoms with Crippen LogP contribution >= 0.6 is 0 Å². The number of rotatable bonds is 7. The van der Waals surface area contributed by atoms with Crippen LogP contribution in [0.15, 0.2) is 47.1 Å². The van der Waals surface area contributed by atoms with Crippen molar-refractivity contribution in [3.8, 4) is 17.2 Å². The summed E-state index contributed by atoms with van der Waals surface area (Å²) in [5.41, 5.74) is 2.17.